The molecular weight excluding hydrogens is 635 g/mol. The molecule has 10 N–H and O–H groups in total. The molecule has 0 unspecified atom stereocenters. The number of rotatable bonds is 5. The summed E-state index contributed by atoms with van der Waals surface area (Å²) >= 11 is 0. The highest BCUT2D eigenvalue weighted by molar-refractivity contribution is 5.91. The smallest absolute Gasteiger partial charge is 0.321 e. The summed E-state index contributed by atoms with van der Waals surface area (Å²) in [5, 5.41) is 5.34. The zero-order chi connectivity index (χ0) is 35.6. The summed E-state index contributed by atoms with van der Waals surface area (Å²) in [6.45, 7) is 2.44. The van der Waals surface area contributed by atoms with Crippen molar-refractivity contribution < 1.29 is 4.79 Å². The lowest BCUT2D eigenvalue weighted by Crippen LogP contribution is -2.28. The third-order valence-corrected chi connectivity index (χ3v) is 7.96. The van der Waals surface area contributed by atoms with E-state index in [9.17, 15) is 4.79 Å². The molecule has 8 aromatic rings. The topological polar surface area (TPSA) is 177 Å². The Morgan fingerprint density at radius 1 is 0.549 bits per heavy atom. The predicted molar refractivity (Wildman–Crippen MR) is 211 cm³/mol. The van der Waals surface area contributed by atoms with Gasteiger partial charge in [-0.25, -0.2) is 14.8 Å². The van der Waals surface area contributed by atoms with Crippen molar-refractivity contribution in [1.29, 1.82) is 0 Å². The molecule has 0 spiro atoms. The highest BCUT2D eigenvalue weighted by Crippen LogP contribution is 2.26. The number of urea groups is 1. The normalized spacial score (nSPS) is 10.5. The summed E-state index contributed by atoms with van der Waals surface area (Å²) in [5.41, 5.74) is 28.7. The number of amides is 2. The van der Waals surface area contributed by atoms with Gasteiger partial charge in [-0.3, -0.25) is 5.32 Å². The molecule has 0 radical (unpaired) electrons. The highest BCUT2D eigenvalue weighted by Gasteiger charge is 2.07. The third kappa shape index (κ3) is 8.70. The van der Waals surface area contributed by atoms with Gasteiger partial charge in [0.25, 0.3) is 0 Å². The maximum Gasteiger partial charge on any atom is 0.321 e. The number of aromatic amines is 2. The van der Waals surface area contributed by atoms with Gasteiger partial charge in [0.15, 0.2) is 5.95 Å². The number of nitrogens with zero attached hydrogens (tertiary/aromatic N) is 2. The van der Waals surface area contributed by atoms with E-state index in [2.05, 4.69) is 67.0 Å². The minimum absolute atomic E-state index is 0.264. The van der Waals surface area contributed by atoms with E-state index >= 15 is 0 Å². The first kappa shape index (κ1) is 33.8. The van der Waals surface area contributed by atoms with E-state index in [-0.39, 0.29) is 6.03 Å². The van der Waals surface area contributed by atoms with Crippen molar-refractivity contribution in [1.82, 2.24) is 25.3 Å². The standard InChI is InChI=1S/C16H16N4O.C13H11N3.C12H12N2/c1-2-17-16(21)20-15-18-13-9-8-12(10-14(13)19-15)11-6-4-3-5-7-11;14-13-15-11-7-6-10(8-12(11)16-13)9-4-2-1-3-5-9;13-11-7-6-10(8-12(11)14)9-4-2-1-3-5-9/h3-10H,2H2,1H3,(H3,17,18,19,20,21);1-8H,(H3,14,15,16);1-8H,13-14H2. The molecule has 10 nitrogen and oxygen atoms in total. The van der Waals surface area contributed by atoms with Crippen LogP contribution in [-0.4, -0.2) is 32.5 Å². The van der Waals surface area contributed by atoms with Crippen molar-refractivity contribution in [2.75, 3.05) is 29.1 Å². The number of hydrogen-bond acceptors (Lipinski definition) is 6. The molecule has 8 rings (SSSR count). The molecule has 0 aliphatic rings. The van der Waals surface area contributed by atoms with Crippen LogP contribution >= 0.6 is 0 Å². The summed E-state index contributed by atoms with van der Waals surface area (Å²) in [4.78, 5) is 26.2. The lowest BCUT2D eigenvalue weighted by Gasteiger charge is -2.04. The Kier molecular flexibility index (Phi) is 10.5. The number of nitrogens with one attached hydrogen (secondary N) is 4. The maximum atomic E-state index is 11.5. The number of nitrogen functional groups attached to an aromatic ring is 3. The molecule has 0 aliphatic heterocycles. The van der Waals surface area contributed by atoms with Gasteiger partial charge in [-0.15, -0.1) is 0 Å². The summed E-state index contributed by atoms with van der Waals surface area (Å²) in [5.74, 6) is 0.904. The molecule has 0 fully saturated rings. The first-order valence-corrected chi connectivity index (χ1v) is 16.5. The summed E-state index contributed by atoms with van der Waals surface area (Å²) < 4.78 is 0. The van der Waals surface area contributed by atoms with E-state index < -0.39 is 0 Å². The van der Waals surface area contributed by atoms with Crippen LogP contribution in [0.3, 0.4) is 0 Å². The fourth-order valence-electron chi connectivity index (χ4n) is 5.42. The minimum atomic E-state index is -0.264. The summed E-state index contributed by atoms with van der Waals surface area (Å²) in [6, 6.07) is 48.0. The van der Waals surface area contributed by atoms with Crippen LogP contribution in [-0.2, 0) is 0 Å². The highest BCUT2D eigenvalue weighted by atomic mass is 16.2. The van der Waals surface area contributed by atoms with Crippen molar-refractivity contribution in [2.24, 2.45) is 0 Å². The molecule has 0 aliphatic carbocycles. The molecule has 6 aromatic carbocycles. The first-order chi connectivity index (χ1) is 24.9. The maximum absolute atomic E-state index is 11.5. The number of H-pyrrole nitrogens is 2. The average molecular weight is 674 g/mol. The Labute approximate surface area is 295 Å². The van der Waals surface area contributed by atoms with Gasteiger partial charge >= 0.3 is 6.03 Å². The fraction of sp³-hybridized carbons (Fsp3) is 0.0488. The largest absolute Gasteiger partial charge is 0.397 e. The Morgan fingerprint density at radius 2 is 1.02 bits per heavy atom. The van der Waals surface area contributed by atoms with E-state index in [1.807, 2.05) is 116 Å². The summed E-state index contributed by atoms with van der Waals surface area (Å²) in [6.07, 6.45) is 0. The summed E-state index contributed by atoms with van der Waals surface area (Å²) in [7, 11) is 0. The van der Waals surface area contributed by atoms with Crippen molar-refractivity contribution in [3.8, 4) is 33.4 Å². The van der Waals surface area contributed by atoms with Crippen molar-refractivity contribution >= 4 is 51.4 Å². The fourth-order valence-corrected chi connectivity index (χ4v) is 5.42. The molecule has 0 atom stereocenters. The monoisotopic (exact) mass is 673 g/mol. The molecular formula is C41H39N9O. The van der Waals surface area contributed by atoms with Crippen LogP contribution in [0.25, 0.3) is 55.4 Å². The molecule has 10 heteroatoms. The number of anilines is 4. The van der Waals surface area contributed by atoms with E-state index in [0.29, 0.717) is 29.8 Å². The number of hydrogen-bond donors (Lipinski definition) is 7. The van der Waals surface area contributed by atoms with Crippen LogP contribution in [0, 0.1) is 0 Å². The van der Waals surface area contributed by atoms with E-state index in [1.54, 1.807) is 0 Å². The molecule has 2 aromatic heterocycles. The van der Waals surface area contributed by atoms with Crippen molar-refractivity contribution in [3.63, 3.8) is 0 Å². The number of benzene rings is 6. The Morgan fingerprint density at radius 3 is 1.53 bits per heavy atom. The number of aromatic nitrogens is 4. The Bertz CT molecular complexity index is 2350. The van der Waals surface area contributed by atoms with Crippen molar-refractivity contribution in [3.05, 3.63) is 146 Å². The van der Waals surface area contributed by atoms with Crippen LogP contribution in [0.2, 0.25) is 0 Å². The lowest BCUT2D eigenvalue weighted by atomic mass is 10.0. The van der Waals surface area contributed by atoms with Gasteiger partial charge in [-0.1, -0.05) is 109 Å². The molecule has 2 amide bonds. The predicted octanol–water partition coefficient (Wildman–Crippen LogP) is 8.70. The number of carbonyl (C=O) groups is 1. The molecule has 2 heterocycles. The molecule has 0 saturated heterocycles. The SMILES string of the molecule is CCNC(=O)Nc1nc2ccc(-c3ccccc3)cc2[nH]1.Nc1ccc(-c2ccccc2)cc1N.Nc1nc2ccc(-c3ccccc3)cc2[nH]1. The number of carbonyl (C=O) groups excluding carboxylic acids is 1. The van der Waals surface area contributed by atoms with Crippen LogP contribution in [0.1, 0.15) is 6.92 Å². The van der Waals surface area contributed by atoms with Gasteiger partial charge < -0.3 is 32.5 Å². The van der Waals surface area contributed by atoms with Crippen LogP contribution in [0.15, 0.2) is 146 Å². The molecule has 254 valence electrons. The average Bonchev–Trinajstić information content (AvgIpc) is 3.75. The second-order valence-electron chi connectivity index (χ2n) is 11.6. The Hall–Kier alpha value is -7.07. The van der Waals surface area contributed by atoms with Crippen molar-refractivity contribution in [2.45, 2.75) is 6.92 Å². The second kappa shape index (κ2) is 15.9. The molecule has 0 saturated carbocycles. The van der Waals surface area contributed by atoms with E-state index in [4.69, 9.17) is 17.2 Å². The van der Waals surface area contributed by atoms with E-state index in [1.165, 1.54) is 5.56 Å². The van der Waals surface area contributed by atoms with E-state index in [0.717, 1.165) is 49.9 Å². The first-order valence-electron chi connectivity index (χ1n) is 16.5. The van der Waals surface area contributed by atoms with Crippen LogP contribution < -0.4 is 27.8 Å². The molecule has 0 bridgehead atoms. The zero-order valence-electron chi connectivity index (χ0n) is 28.1. The van der Waals surface area contributed by atoms with Gasteiger partial charge in [0, 0.05) is 6.54 Å². The van der Waals surface area contributed by atoms with Gasteiger partial charge in [0.05, 0.1) is 33.4 Å². The van der Waals surface area contributed by atoms with Crippen LogP contribution in [0.4, 0.5) is 28.1 Å². The third-order valence-electron chi connectivity index (χ3n) is 7.96. The van der Waals surface area contributed by atoms with Crippen LogP contribution in [0.5, 0.6) is 0 Å². The second-order valence-corrected chi connectivity index (χ2v) is 11.6. The van der Waals surface area contributed by atoms with Gasteiger partial charge in [-0.05, 0) is 76.7 Å². The number of nitrogens with two attached hydrogens (primary N) is 3. The zero-order valence-corrected chi connectivity index (χ0v) is 28.1. The quantitative estimate of drug-likeness (QED) is 0.0899. The Balaban J connectivity index is 0.000000135. The number of fused-ring (bicyclic) bond motifs is 2. The number of imidazole rings is 2. The molecule has 51 heavy (non-hydrogen) atoms. The van der Waals surface area contributed by atoms with Gasteiger partial charge in [0.1, 0.15) is 0 Å². The minimum Gasteiger partial charge on any atom is -0.397 e. The van der Waals surface area contributed by atoms with Gasteiger partial charge in [-0.2, -0.15) is 0 Å². The lowest BCUT2D eigenvalue weighted by molar-refractivity contribution is 0.252. The van der Waals surface area contributed by atoms with Gasteiger partial charge in [0.2, 0.25) is 5.95 Å².